The van der Waals surface area contributed by atoms with E-state index in [1.165, 1.54) is 12.1 Å². The second kappa shape index (κ2) is 7.86. The summed E-state index contributed by atoms with van der Waals surface area (Å²) in [5.41, 5.74) is -0.283. The minimum atomic E-state index is -3.45. The van der Waals surface area contributed by atoms with Crippen LogP contribution in [0.3, 0.4) is 0 Å². The van der Waals surface area contributed by atoms with Crippen molar-refractivity contribution in [3.63, 3.8) is 0 Å². The van der Waals surface area contributed by atoms with Crippen LogP contribution >= 0.6 is 0 Å². The number of hydrogen-bond acceptors (Lipinski definition) is 5. The number of nitrogens with one attached hydrogen (secondary N) is 1. The third-order valence-corrected chi connectivity index (χ3v) is 6.10. The lowest BCUT2D eigenvalue weighted by Crippen LogP contribution is -2.35. The van der Waals surface area contributed by atoms with Crippen molar-refractivity contribution in [2.24, 2.45) is 0 Å². The van der Waals surface area contributed by atoms with Crippen LogP contribution in [-0.2, 0) is 34.1 Å². The molecule has 2 heterocycles. The summed E-state index contributed by atoms with van der Waals surface area (Å²) >= 11 is 0. The quantitative estimate of drug-likeness (QED) is 0.782. The Hall–Kier alpha value is -2.42. The standard InChI is InChI=1S/C17H22N4O4S/c22-16(18-10-12-26(24,25)14-7-3-1-4-8-14)13-21-17(23)20-11-6-2-5-9-15(20)19-21/h1,3-4,7-8H,2,5-6,9-13H2,(H,18,22). The smallest absolute Gasteiger partial charge is 0.346 e. The molecule has 140 valence electrons. The first kappa shape index (κ1) is 18.4. The van der Waals surface area contributed by atoms with Gasteiger partial charge < -0.3 is 5.32 Å². The van der Waals surface area contributed by atoms with E-state index in [4.69, 9.17) is 0 Å². The van der Waals surface area contributed by atoms with E-state index in [9.17, 15) is 18.0 Å². The van der Waals surface area contributed by atoms with Gasteiger partial charge in [0, 0.05) is 19.5 Å². The molecule has 0 saturated carbocycles. The Morgan fingerprint density at radius 2 is 1.92 bits per heavy atom. The maximum absolute atomic E-state index is 12.3. The lowest BCUT2D eigenvalue weighted by Gasteiger charge is -2.06. The van der Waals surface area contributed by atoms with Crippen LogP contribution in [0.4, 0.5) is 0 Å². The van der Waals surface area contributed by atoms with Gasteiger partial charge in [0.2, 0.25) is 5.91 Å². The lowest BCUT2D eigenvalue weighted by atomic mass is 10.2. The molecule has 0 saturated heterocycles. The van der Waals surface area contributed by atoms with Gasteiger partial charge in [-0.3, -0.25) is 9.36 Å². The number of rotatable bonds is 6. The van der Waals surface area contributed by atoms with E-state index in [0.717, 1.165) is 30.4 Å². The van der Waals surface area contributed by atoms with Crippen LogP contribution in [0, 0.1) is 0 Å². The number of aromatic nitrogens is 3. The molecule has 9 heteroatoms. The molecule has 1 N–H and O–H groups in total. The molecule has 0 unspecified atom stereocenters. The average molecular weight is 378 g/mol. The first-order chi connectivity index (χ1) is 12.5. The fraction of sp³-hybridized carbons (Fsp3) is 0.471. The van der Waals surface area contributed by atoms with Gasteiger partial charge in [0.05, 0.1) is 10.6 Å². The van der Waals surface area contributed by atoms with Crippen molar-refractivity contribution in [2.75, 3.05) is 12.3 Å². The van der Waals surface area contributed by atoms with Crippen LogP contribution in [0.25, 0.3) is 0 Å². The normalized spacial score (nSPS) is 14.5. The fourth-order valence-corrected chi connectivity index (χ4v) is 4.17. The largest absolute Gasteiger partial charge is 0.353 e. The van der Waals surface area contributed by atoms with Crippen LogP contribution in [-0.4, -0.2) is 41.0 Å². The van der Waals surface area contributed by atoms with Gasteiger partial charge in [-0.1, -0.05) is 24.6 Å². The summed E-state index contributed by atoms with van der Waals surface area (Å²) in [5.74, 6) is 0.0905. The van der Waals surface area contributed by atoms with E-state index in [1.807, 2.05) is 0 Å². The summed E-state index contributed by atoms with van der Waals surface area (Å²) in [5, 5.41) is 6.79. The second-order valence-corrected chi connectivity index (χ2v) is 8.41. The maximum Gasteiger partial charge on any atom is 0.346 e. The lowest BCUT2D eigenvalue weighted by molar-refractivity contribution is -0.121. The van der Waals surface area contributed by atoms with Crippen molar-refractivity contribution in [2.45, 2.75) is 43.7 Å². The number of carbonyl (C=O) groups is 1. The zero-order valence-corrected chi connectivity index (χ0v) is 15.2. The van der Waals surface area contributed by atoms with Gasteiger partial charge in [0.1, 0.15) is 12.4 Å². The fourth-order valence-electron chi connectivity index (χ4n) is 2.99. The Bertz CT molecular complexity index is 931. The molecule has 0 radical (unpaired) electrons. The molecule has 0 spiro atoms. The van der Waals surface area contributed by atoms with E-state index in [1.54, 1.807) is 22.8 Å². The summed E-state index contributed by atoms with van der Waals surface area (Å²) in [6, 6.07) is 8.09. The zero-order valence-electron chi connectivity index (χ0n) is 14.4. The summed E-state index contributed by atoms with van der Waals surface area (Å²) in [7, 11) is -3.45. The van der Waals surface area contributed by atoms with Crippen molar-refractivity contribution in [3.05, 3.63) is 46.6 Å². The minimum absolute atomic E-state index is 0.0155. The number of fused-ring (bicyclic) bond motifs is 1. The molecule has 3 rings (SSSR count). The predicted octanol–water partition coefficient (Wildman–Crippen LogP) is 0.361. The number of carbonyl (C=O) groups excluding carboxylic acids is 1. The van der Waals surface area contributed by atoms with Gasteiger partial charge in [0.15, 0.2) is 9.84 Å². The third-order valence-electron chi connectivity index (χ3n) is 4.37. The second-order valence-electron chi connectivity index (χ2n) is 6.30. The van der Waals surface area contributed by atoms with E-state index in [2.05, 4.69) is 10.4 Å². The van der Waals surface area contributed by atoms with Gasteiger partial charge in [0.25, 0.3) is 0 Å². The Morgan fingerprint density at radius 1 is 1.15 bits per heavy atom. The first-order valence-electron chi connectivity index (χ1n) is 8.68. The number of aryl methyl sites for hydroxylation is 1. The van der Waals surface area contributed by atoms with Crippen LogP contribution in [0.1, 0.15) is 25.1 Å². The van der Waals surface area contributed by atoms with Crippen LogP contribution < -0.4 is 11.0 Å². The predicted molar refractivity (Wildman–Crippen MR) is 95.5 cm³/mol. The third kappa shape index (κ3) is 4.21. The molecule has 1 aliphatic heterocycles. The van der Waals surface area contributed by atoms with Crippen molar-refractivity contribution in [3.8, 4) is 0 Å². The monoisotopic (exact) mass is 378 g/mol. The SMILES string of the molecule is O=C(Cn1nc2n(c1=O)CCCCC2)NCCS(=O)(=O)c1ccccc1. The molecule has 26 heavy (non-hydrogen) atoms. The number of hydrogen-bond donors (Lipinski definition) is 1. The van der Waals surface area contributed by atoms with Gasteiger partial charge in [-0.25, -0.2) is 17.9 Å². The van der Waals surface area contributed by atoms with Gasteiger partial charge in [-0.2, -0.15) is 5.10 Å². The molecule has 1 aliphatic rings. The van der Waals surface area contributed by atoms with Crippen LogP contribution in [0.5, 0.6) is 0 Å². The number of nitrogens with zero attached hydrogens (tertiary/aromatic N) is 3. The molecule has 0 aliphatic carbocycles. The van der Waals surface area contributed by atoms with Crippen LogP contribution in [0.2, 0.25) is 0 Å². The van der Waals surface area contributed by atoms with E-state index < -0.39 is 15.7 Å². The summed E-state index contributed by atoms with van der Waals surface area (Å²) in [6.45, 7) is 0.410. The number of amides is 1. The van der Waals surface area contributed by atoms with Crippen molar-refractivity contribution in [1.82, 2.24) is 19.7 Å². The number of sulfone groups is 1. The van der Waals surface area contributed by atoms with E-state index >= 15 is 0 Å². The molecule has 0 fully saturated rings. The summed E-state index contributed by atoms with van der Waals surface area (Å²) < 4.78 is 27.1. The maximum atomic E-state index is 12.3. The Kier molecular flexibility index (Phi) is 5.55. The topological polar surface area (TPSA) is 103 Å². The molecular weight excluding hydrogens is 356 g/mol. The van der Waals surface area contributed by atoms with Crippen molar-refractivity contribution < 1.29 is 13.2 Å². The molecule has 1 amide bonds. The highest BCUT2D eigenvalue weighted by Crippen LogP contribution is 2.10. The highest BCUT2D eigenvalue weighted by molar-refractivity contribution is 7.91. The molecule has 0 atom stereocenters. The van der Waals surface area contributed by atoms with E-state index in [0.29, 0.717) is 12.4 Å². The van der Waals surface area contributed by atoms with Crippen molar-refractivity contribution in [1.29, 1.82) is 0 Å². The Morgan fingerprint density at radius 3 is 2.69 bits per heavy atom. The Balaban J connectivity index is 1.56. The first-order valence-corrected chi connectivity index (χ1v) is 10.3. The summed E-state index contributed by atoms with van der Waals surface area (Å²) in [6.07, 6.45) is 3.72. The molecule has 1 aromatic heterocycles. The summed E-state index contributed by atoms with van der Waals surface area (Å²) in [4.78, 5) is 24.6. The molecule has 2 aromatic rings. The minimum Gasteiger partial charge on any atom is -0.353 e. The van der Waals surface area contributed by atoms with E-state index in [-0.39, 0.29) is 29.4 Å². The highest BCUT2D eigenvalue weighted by Gasteiger charge is 2.18. The van der Waals surface area contributed by atoms with Gasteiger partial charge >= 0.3 is 5.69 Å². The highest BCUT2D eigenvalue weighted by atomic mass is 32.2. The molecule has 8 nitrogen and oxygen atoms in total. The Labute approximate surface area is 151 Å². The zero-order chi connectivity index (χ0) is 18.6. The van der Waals surface area contributed by atoms with Crippen molar-refractivity contribution >= 4 is 15.7 Å². The van der Waals surface area contributed by atoms with Crippen LogP contribution in [0.15, 0.2) is 40.0 Å². The average Bonchev–Trinajstić information content (AvgIpc) is 2.78. The van der Waals surface area contributed by atoms with Gasteiger partial charge in [-0.05, 0) is 25.0 Å². The number of benzene rings is 1. The molecule has 0 bridgehead atoms. The molecule has 1 aromatic carbocycles. The molecular formula is C17H22N4O4S. The van der Waals surface area contributed by atoms with Gasteiger partial charge in [-0.15, -0.1) is 0 Å².